The molecule has 140 valence electrons. The largest absolute Gasteiger partial charge is 0.368 e. The Morgan fingerprint density at radius 3 is 1.96 bits per heavy atom. The highest BCUT2D eigenvalue weighted by molar-refractivity contribution is 7.21. The molecule has 0 bridgehead atoms. The maximum absolute atomic E-state index is 4.79. The van der Waals surface area contributed by atoms with E-state index in [9.17, 15) is 0 Å². The second-order valence-corrected chi connectivity index (χ2v) is 7.12. The van der Waals surface area contributed by atoms with Gasteiger partial charge in [-0.15, -0.1) is 36.2 Å². The lowest BCUT2D eigenvalue weighted by atomic mass is 10.1. The fraction of sp³-hybridized carbons (Fsp3) is 0.211. The molecule has 0 radical (unpaired) electrons. The van der Waals surface area contributed by atoms with Crippen LogP contribution in [-0.4, -0.2) is 42.8 Å². The summed E-state index contributed by atoms with van der Waals surface area (Å²) >= 11 is 1.72. The Hall–Kier alpha value is -2.15. The number of nitrogens with one attached hydrogen (secondary N) is 2. The van der Waals surface area contributed by atoms with Crippen molar-refractivity contribution in [1.29, 1.82) is 0 Å². The maximum atomic E-state index is 4.79. The molecule has 3 heterocycles. The van der Waals surface area contributed by atoms with Gasteiger partial charge in [-0.3, -0.25) is 9.98 Å². The maximum Gasteiger partial charge on any atom is 0.128 e. The van der Waals surface area contributed by atoms with Crippen molar-refractivity contribution in [2.45, 2.75) is 0 Å². The molecule has 0 fully saturated rings. The van der Waals surface area contributed by atoms with E-state index in [1.807, 2.05) is 0 Å². The molecule has 2 aliphatic rings. The molecule has 0 atom stereocenters. The molecule has 2 aromatic carbocycles. The molecule has 3 aromatic rings. The number of amidine groups is 2. The minimum Gasteiger partial charge on any atom is -0.368 e. The van der Waals surface area contributed by atoms with Gasteiger partial charge in [0.1, 0.15) is 16.7 Å². The van der Waals surface area contributed by atoms with Crippen LogP contribution in [0.25, 0.3) is 20.8 Å². The van der Waals surface area contributed by atoms with Crippen molar-refractivity contribution in [2.75, 3.05) is 26.2 Å². The van der Waals surface area contributed by atoms with Gasteiger partial charge in [-0.2, -0.15) is 0 Å². The van der Waals surface area contributed by atoms with Crippen molar-refractivity contribution < 1.29 is 0 Å². The Balaban J connectivity index is 0.00000105. The molecule has 0 amide bonds. The molecule has 2 N–H and O–H groups in total. The van der Waals surface area contributed by atoms with Crippen LogP contribution >= 0.6 is 36.2 Å². The van der Waals surface area contributed by atoms with Crippen molar-refractivity contribution in [3.8, 4) is 10.6 Å². The summed E-state index contributed by atoms with van der Waals surface area (Å²) in [5, 5.41) is 7.68. The molecular weight excluding hydrogens is 401 g/mol. The lowest BCUT2D eigenvalue weighted by molar-refractivity contribution is 0.960. The zero-order valence-electron chi connectivity index (χ0n) is 14.4. The third-order valence-corrected chi connectivity index (χ3v) is 5.48. The summed E-state index contributed by atoms with van der Waals surface area (Å²) in [4.78, 5) is 13.8. The van der Waals surface area contributed by atoms with Crippen LogP contribution in [0.5, 0.6) is 0 Å². The molecule has 5 rings (SSSR count). The van der Waals surface area contributed by atoms with Gasteiger partial charge in [-0.05, 0) is 18.2 Å². The summed E-state index contributed by atoms with van der Waals surface area (Å²) in [6, 6.07) is 14.8. The first-order valence-corrected chi connectivity index (χ1v) is 9.27. The number of fused-ring (bicyclic) bond motifs is 1. The summed E-state index contributed by atoms with van der Waals surface area (Å²) < 4.78 is 1.19. The Bertz CT molecular complexity index is 1010. The van der Waals surface area contributed by atoms with E-state index in [0.29, 0.717) is 0 Å². The summed E-state index contributed by atoms with van der Waals surface area (Å²) in [7, 11) is 0. The number of rotatable bonds is 3. The van der Waals surface area contributed by atoms with Crippen LogP contribution in [0.3, 0.4) is 0 Å². The van der Waals surface area contributed by atoms with Crippen LogP contribution in [0, 0.1) is 0 Å². The van der Waals surface area contributed by atoms with Gasteiger partial charge in [-0.1, -0.05) is 24.3 Å². The normalized spacial score (nSPS) is 15.3. The number of aromatic nitrogens is 1. The monoisotopic (exact) mass is 419 g/mol. The third kappa shape index (κ3) is 3.78. The Kier molecular flexibility index (Phi) is 5.99. The van der Waals surface area contributed by atoms with Crippen LogP contribution in [0.1, 0.15) is 11.1 Å². The van der Waals surface area contributed by atoms with E-state index in [-0.39, 0.29) is 24.8 Å². The zero-order chi connectivity index (χ0) is 16.6. The quantitative estimate of drug-likeness (QED) is 0.682. The van der Waals surface area contributed by atoms with E-state index in [4.69, 9.17) is 4.98 Å². The molecule has 2 aliphatic heterocycles. The van der Waals surface area contributed by atoms with E-state index in [2.05, 4.69) is 63.1 Å². The molecule has 0 aliphatic carbocycles. The van der Waals surface area contributed by atoms with Gasteiger partial charge in [0.15, 0.2) is 0 Å². The van der Waals surface area contributed by atoms with Crippen molar-refractivity contribution in [2.24, 2.45) is 9.98 Å². The first-order chi connectivity index (χ1) is 12.4. The number of hydrogen-bond acceptors (Lipinski definition) is 6. The second-order valence-electron chi connectivity index (χ2n) is 6.09. The fourth-order valence-electron chi connectivity index (χ4n) is 3.15. The average molecular weight is 420 g/mol. The number of thiazole rings is 1. The van der Waals surface area contributed by atoms with E-state index in [1.165, 1.54) is 4.70 Å². The zero-order valence-corrected chi connectivity index (χ0v) is 16.9. The average Bonchev–Trinajstić information content (AvgIpc) is 3.42. The van der Waals surface area contributed by atoms with Gasteiger partial charge in [0.2, 0.25) is 0 Å². The van der Waals surface area contributed by atoms with Crippen LogP contribution in [-0.2, 0) is 0 Å². The minimum absolute atomic E-state index is 0. The standard InChI is InChI=1S/C19H17N5S.2ClH/c1-3-13(4-2-12(1)17-20-7-8-21-17)19-24-15-6-5-14(11-16(15)25-19)18-22-9-10-23-18;;/h1-6,11H,7-10H2,(H,20,21)(H,22,23);2*1H. The fourth-order valence-corrected chi connectivity index (χ4v) is 4.16. The molecule has 0 saturated carbocycles. The van der Waals surface area contributed by atoms with Gasteiger partial charge in [0, 0.05) is 29.8 Å². The van der Waals surface area contributed by atoms with E-state index >= 15 is 0 Å². The van der Waals surface area contributed by atoms with Crippen LogP contribution < -0.4 is 10.6 Å². The molecule has 8 heteroatoms. The molecule has 27 heavy (non-hydrogen) atoms. The number of halogens is 2. The van der Waals surface area contributed by atoms with Crippen LogP contribution in [0.2, 0.25) is 0 Å². The van der Waals surface area contributed by atoms with Crippen molar-refractivity contribution in [1.82, 2.24) is 15.6 Å². The van der Waals surface area contributed by atoms with Gasteiger partial charge in [0.05, 0.1) is 23.3 Å². The number of aliphatic imine (C=N–C) groups is 2. The van der Waals surface area contributed by atoms with Crippen molar-refractivity contribution in [3.63, 3.8) is 0 Å². The molecule has 1 aromatic heterocycles. The predicted octanol–water partition coefficient (Wildman–Crippen LogP) is 3.51. The summed E-state index contributed by atoms with van der Waals surface area (Å²) in [5.74, 6) is 1.98. The van der Waals surface area contributed by atoms with Gasteiger partial charge in [0.25, 0.3) is 0 Å². The molecule has 5 nitrogen and oxygen atoms in total. The number of nitrogens with zero attached hydrogens (tertiary/aromatic N) is 3. The van der Waals surface area contributed by atoms with Gasteiger partial charge in [-0.25, -0.2) is 4.98 Å². The van der Waals surface area contributed by atoms with E-state index < -0.39 is 0 Å². The van der Waals surface area contributed by atoms with Crippen LogP contribution in [0.15, 0.2) is 52.4 Å². The summed E-state index contributed by atoms with van der Waals surface area (Å²) in [6.45, 7) is 3.57. The van der Waals surface area contributed by atoms with E-state index in [0.717, 1.165) is 65.1 Å². The molecular formula is C19H19Cl2N5S. The third-order valence-electron chi connectivity index (χ3n) is 4.42. The SMILES string of the molecule is Cl.Cl.c1cc(-c2nc3ccc(C4=NCCN4)cc3s2)ccc1C1=NCCN1. The van der Waals surface area contributed by atoms with Gasteiger partial charge < -0.3 is 10.6 Å². The van der Waals surface area contributed by atoms with Crippen molar-refractivity contribution >= 4 is 58.0 Å². The van der Waals surface area contributed by atoms with Crippen molar-refractivity contribution in [3.05, 3.63) is 53.6 Å². The van der Waals surface area contributed by atoms with E-state index in [1.54, 1.807) is 11.3 Å². The first kappa shape index (κ1) is 19.6. The summed E-state index contributed by atoms with van der Waals surface area (Å²) in [5.41, 5.74) is 4.45. The van der Waals surface area contributed by atoms with Gasteiger partial charge >= 0.3 is 0 Å². The molecule has 0 unspecified atom stereocenters. The topological polar surface area (TPSA) is 61.7 Å². The molecule has 0 saturated heterocycles. The second kappa shape index (κ2) is 8.25. The van der Waals surface area contributed by atoms with Crippen LogP contribution in [0.4, 0.5) is 0 Å². The lowest BCUT2D eigenvalue weighted by Crippen LogP contribution is -2.19. The Labute approximate surface area is 173 Å². The minimum atomic E-state index is 0. The highest BCUT2D eigenvalue weighted by Gasteiger charge is 2.12. The highest BCUT2D eigenvalue weighted by Crippen LogP contribution is 2.31. The molecule has 0 spiro atoms. The lowest BCUT2D eigenvalue weighted by Gasteiger charge is -2.03. The highest BCUT2D eigenvalue weighted by atomic mass is 35.5. The number of benzene rings is 2. The Morgan fingerprint density at radius 1 is 0.741 bits per heavy atom. The number of hydrogen-bond donors (Lipinski definition) is 2. The Morgan fingerprint density at radius 2 is 1.33 bits per heavy atom. The smallest absolute Gasteiger partial charge is 0.128 e. The first-order valence-electron chi connectivity index (χ1n) is 8.45. The predicted molar refractivity (Wildman–Crippen MR) is 118 cm³/mol. The summed E-state index contributed by atoms with van der Waals surface area (Å²) in [6.07, 6.45) is 0.